The van der Waals surface area contributed by atoms with Gasteiger partial charge in [-0.05, 0) is 75.5 Å². The SMILES string of the molecule is O=C(OCCCCCBr)OCC12CC3CC(CC(C3)C1)C2. The van der Waals surface area contributed by atoms with Crippen LogP contribution in [-0.4, -0.2) is 24.7 Å². The first kappa shape index (κ1) is 15.6. The van der Waals surface area contributed by atoms with Gasteiger partial charge in [0.15, 0.2) is 0 Å². The number of rotatable bonds is 7. The van der Waals surface area contributed by atoms with Crippen molar-refractivity contribution >= 4 is 22.1 Å². The Morgan fingerprint density at radius 3 is 2.14 bits per heavy atom. The van der Waals surface area contributed by atoms with E-state index in [0.29, 0.717) is 18.6 Å². The van der Waals surface area contributed by atoms with E-state index in [1.54, 1.807) is 0 Å². The predicted molar refractivity (Wildman–Crippen MR) is 85.6 cm³/mol. The van der Waals surface area contributed by atoms with Crippen LogP contribution in [0.2, 0.25) is 0 Å². The van der Waals surface area contributed by atoms with Crippen LogP contribution in [-0.2, 0) is 9.47 Å². The van der Waals surface area contributed by atoms with Gasteiger partial charge in [-0.25, -0.2) is 4.79 Å². The third kappa shape index (κ3) is 3.94. The summed E-state index contributed by atoms with van der Waals surface area (Å²) in [5, 5.41) is 1.02. The van der Waals surface area contributed by atoms with E-state index in [0.717, 1.165) is 42.3 Å². The lowest BCUT2D eigenvalue weighted by atomic mass is 9.50. The third-order valence-corrected chi connectivity index (χ3v) is 6.22. The van der Waals surface area contributed by atoms with Crippen molar-refractivity contribution in [3.8, 4) is 0 Å². The lowest BCUT2D eigenvalue weighted by Gasteiger charge is -2.56. The smallest absolute Gasteiger partial charge is 0.434 e. The highest BCUT2D eigenvalue weighted by Gasteiger charge is 2.51. The van der Waals surface area contributed by atoms with Gasteiger partial charge in [0.25, 0.3) is 0 Å². The summed E-state index contributed by atoms with van der Waals surface area (Å²) in [5.41, 5.74) is 0.295. The fraction of sp³-hybridized carbons (Fsp3) is 0.941. The fourth-order valence-corrected chi connectivity index (χ4v) is 5.65. The summed E-state index contributed by atoms with van der Waals surface area (Å²) in [5.74, 6) is 2.71. The molecule has 0 aromatic rings. The number of ether oxygens (including phenoxy) is 2. The van der Waals surface area contributed by atoms with Crippen molar-refractivity contribution in [1.29, 1.82) is 0 Å². The predicted octanol–water partition coefficient (Wildman–Crippen LogP) is 4.92. The Balaban J connectivity index is 1.38. The lowest BCUT2D eigenvalue weighted by molar-refractivity contribution is -0.0899. The monoisotopic (exact) mass is 358 g/mol. The molecule has 0 aromatic heterocycles. The van der Waals surface area contributed by atoms with Crippen molar-refractivity contribution < 1.29 is 14.3 Å². The van der Waals surface area contributed by atoms with Crippen LogP contribution in [0.4, 0.5) is 4.79 Å². The zero-order valence-electron chi connectivity index (χ0n) is 12.8. The Morgan fingerprint density at radius 1 is 0.952 bits per heavy atom. The van der Waals surface area contributed by atoms with E-state index in [-0.39, 0.29) is 0 Å². The molecule has 0 saturated heterocycles. The molecule has 4 saturated carbocycles. The highest BCUT2D eigenvalue weighted by molar-refractivity contribution is 9.09. The largest absolute Gasteiger partial charge is 0.508 e. The summed E-state index contributed by atoms with van der Waals surface area (Å²) in [7, 11) is 0. The molecule has 0 heterocycles. The summed E-state index contributed by atoms with van der Waals surface area (Å²) in [6.45, 7) is 1.09. The number of alkyl halides is 1. The zero-order chi connectivity index (χ0) is 14.7. The fourth-order valence-electron chi connectivity index (χ4n) is 5.25. The average molecular weight is 359 g/mol. The Kier molecular flexibility index (Phi) is 5.13. The third-order valence-electron chi connectivity index (χ3n) is 5.66. The van der Waals surface area contributed by atoms with Crippen LogP contribution < -0.4 is 0 Å². The van der Waals surface area contributed by atoms with E-state index < -0.39 is 6.16 Å². The quantitative estimate of drug-likeness (QED) is 0.368. The van der Waals surface area contributed by atoms with Gasteiger partial charge in [0.05, 0.1) is 6.61 Å². The Labute approximate surface area is 136 Å². The van der Waals surface area contributed by atoms with Crippen LogP contribution in [0, 0.1) is 23.2 Å². The molecule has 0 unspecified atom stereocenters. The van der Waals surface area contributed by atoms with Crippen molar-refractivity contribution in [2.75, 3.05) is 18.5 Å². The summed E-state index contributed by atoms with van der Waals surface area (Å²) in [6.07, 6.45) is 10.8. The Morgan fingerprint density at radius 2 is 1.57 bits per heavy atom. The molecule has 4 aliphatic rings. The highest BCUT2D eigenvalue weighted by Crippen LogP contribution is 2.60. The van der Waals surface area contributed by atoms with Gasteiger partial charge in [-0.15, -0.1) is 0 Å². The highest BCUT2D eigenvalue weighted by atomic mass is 79.9. The van der Waals surface area contributed by atoms with E-state index >= 15 is 0 Å². The molecule has 21 heavy (non-hydrogen) atoms. The van der Waals surface area contributed by atoms with Crippen molar-refractivity contribution in [1.82, 2.24) is 0 Å². The summed E-state index contributed by atoms with van der Waals surface area (Å²) in [6, 6.07) is 0. The summed E-state index contributed by atoms with van der Waals surface area (Å²) in [4.78, 5) is 11.7. The minimum absolute atomic E-state index is 0.295. The van der Waals surface area contributed by atoms with Crippen LogP contribution in [0.1, 0.15) is 57.8 Å². The maximum atomic E-state index is 11.7. The van der Waals surface area contributed by atoms with E-state index in [2.05, 4.69) is 15.9 Å². The lowest BCUT2D eigenvalue weighted by Crippen LogP contribution is -2.48. The van der Waals surface area contributed by atoms with Gasteiger partial charge in [-0.2, -0.15) is 0 Å². The topological polar surface area (TPSA) is 35.5 Å². The average Bonchev–Trinajstić information content (AvgIpc) is 2.44. The first-order chi connectivity index (χ1) is 10.2. The second-order valence-corrected chi connectivity index (χ2v) is 8.35. The van der Waals surface area contributed by atoms with Crippen molar-refractivity contribution in [3.05, 3.63) is 0 Å². The molecule has 4 fully saturated rings. The molecule has 0 N–H and O–H groups in total. The standard InChI is InChI=1S/C17H27BrO3/c18-4-2-1-3-5-20-16(19)21-12-17-9-13-6-14(10-17)8-15(7-13)11-17/h13-15H,1-12H2. The number of unbranched alkanes of at least 4 members (excludes halogenated alkanes) is 2. The van der Waals surface area contributed by atoms with Crippen molar-refractivity contribution in [2.24, 2.45) is 23.2 Å². The molecule has 0 aliphatic heterocycles. The summed E-state index contributed by atoms with van der Waals surface area (Å²) >= 11 is 3.40. The molecule has 0 spiro atoms. The minimum Gasteiger partial charge on any atom is -0.434 e. The van der Waals surface area contributed by atoms with Gasteiger partial charge < -0.3 is 9.47 Å². The molecule has 4 bridgehead atoms. The van der Waals surface area contributed by atoms with Gasteiger partial charge in [0.1, 0.15) is 6.61 Å². The second-order valence-electron chi connectivity index (χ2n) is 7.55. The van der Waals surface area contributed by atoms with Gasteiger partial charge >= 0.3 is 6.16 Å². The van der Waals surface area contributed by atoms with Crippen molar-refractivity contribution in [3.63, 3.8) is 0 Å². The molecular formula is C17H27BrO3. The van der Waals surface area contributed by atoms with Gasteiger partial charge in [0, 0.05) is 10.7 Å². The molecule has 0 atom stereocenters. The van der Waals surface area contributed by atoms with Crippen LogP contribution in [0.3, 0.4) is 0 Å². The van der Waals surface area contributed by atoms with E-state index in [9.17, 15) is 4.79 Å². The molecule has 4 rings (SSSR count). The normalized spacial score (nSPS) is 36.7. The number of halogens is 1. The molecular weight excluding hydrogens is 332 g/mol. The summed E-state index contributed by atoms with van der Waals surface area (Å²) < 4.78 is 10.6. The van der Waals surface area contributed by atoms with Gasteiger partial charge in [0.2, 0.25) is 0 Å². The molecule has 0 radical (unpaired) electrons. The maximum absolute atomic E-state index is 11.7. The van der Waals surface area contributed by atoms with E-state index in [4.69, 9.17) is 9.47 Å². The maximum Gasteiger partial charge on any atom is 0.508 e. The molecule has 4 aliphatic carbocycles. The van der Waals surface area contributed by atoms with Crippen LogP contribution in [0.25, 0.3) is 0 Å². The molecule has 0 amide bonds. The number of carbonyl (C=O) groups is 1. The molecule has 3 nitrogen and oxygen atoms in total. The van der Waals surface area contributed by atoms with Gasteiger partial charge in [-0.3, -0.25) is 0 Å². The number of carbonyl (C=O) groups excluding carboxylic acids is 1. The van der Waals surface area contributed by atoms with Crippen molar-refractivity contribution in [2.45, 2.75) is 57.8 Å². The van der Waals surface area contributed by atoms with E-state index in [1.165, 1.54) is 38.5 Å². The first-order valence-electron chi connectivity index (χ1n) is 8.55. The molecule has 4 heteroatoms. The van der Waals surface area contributed by atoms with Crippen LogP contribution >= 0.6 is 15.9 Å². The zero-order valence-corrected chi connectivity index (χ0v) is 14.4. The second kappa shape index (κ2) is 6.89. The van der Waals surface area contributed by atoms with Crippen LogP contribution in [0.15, 0.2) is 0 Å². The minimum atomic E-state index is -0.454. The first-order valence-corrected chi connectivity index (χ1v) is 9.67. The Bertz CT molecular complexity index is 334. The van der Waals surface area contributed by atoms with E-state index in [1.807, 2.05) is 0 Å². The molecule has 120 valence electrons. The molecule has 0 aromatic carbocycles. The van der Waals surface area contributed by atoms with Gasteiger partial charge in [-0.1, -0.05) is 15.9 Å². The van der Waals surface area contributed by atoms with Crippen LogP contribution in [0.5, 0.6) is 0 Å². The number of hydrogen-bond donors (Lipinski definition) is 0. The Hall–Kier alpha value is -0.250. The number of hydrogen-bond acceptors (Lipinski definition) is 3.